The first-order chi connectivity index (χ1) is 2.77. The fourth-order valence-electron chi connectivity index (χ4n) is 0.258. The van der Waals surface area contributed by atoms with Crippen LogP contribution in [0.5, 0.6) is 0 Å². The third kappa shape index (κ3) is 38.9. The van der Waals surface area contributed by atoms with E-state index in [0.717, 1.165) is 6.42 Å². The van der Waals surface area contributed by atoms with E-state index in [-0.39, 0.29) is 38.1 Å². The predicted molar refractivity (Wildman–Crippen MR) is 34.0 cm³/mol. The summed E-state index contributed by atoms with van der Waals surface area (Å²) in [6.45, 7) is 1.90. The number of aliphatic hydroxyl groups is 2. The summed E-state index contributed by atoms with van der Waals surface area (Å²) in [6.07, 6.45) is 0.215. The Balaban J connectivity index is -0.0000000208. The minimum atomic E-state index is -1.10. The van der Waals surface area contributed by atoms with Crippen molar-refractivity contribution in [3.8, 4) is 0 Å². The van der Waals surface area contributed by atoms with Crippen molar-refractivity contribution in [2.75, 3.05) is 0 Å². The fourth-order valence-corrected chi connectivity index (χ4v) is 0.258. The van der Waals surface area contributed by atoms with Crippen molar-refractivity contribution in [1.82, 2.24) is 0 Å². The van der Waals surface area contributed by atoms with Gasteiger partial charge in [-0.15, -0.1) is 0 Å². The van der Waals surface area contributed by atoms with Gasteiger partial charge in [-0.2, -0.15) is 0 Å². The molecule has 0 aromatic heterocycles. The van der Waals surface area contributed by atoms with Gasteiger partial charge in [0.05, 0.1) is 0 Å². The zero-order valence-electron chi connectivity index (χ0n) is 5.89. The first-order valence-electron chi connectivity index (χ1n) is 2.13. The van der Waals surface area contributed by atoms with Gasteiger partial charge in [0.15, 0.2) is 6.29 Å². The van der Waals surface area contributed by atoms with Crippen LogP contribution in [0, 0.1) is 0 Å². The van der Waals surface area contributed by atoms with Gasteiger partial charge in [-0.25, -0.2) is 0 Å². The summed E-state index contributed by atoms with van der Waals surface area (Å²) in [5, 5.41) is 16.2. The Labute approximate surface area is 74.9 Å². The first-order valence-corrected chi connectivity index (χ1v) is 2.13. The molecule has 0 radical (unpaired) electrons. The number of hydrogen-bond donors (Lipinski definition) is 2. The monoisotopic (exact) mass is 192 g/mol. The molecule has 0 amide bonds. The quantitative estimate of drug-likeness (QED) is 0.373. The molecule has 0 saturated carbocycles. The van der Waals surface area contributed by atoms with E-state index in [0.29, 0.717) is 6.42 Å². The number of rotatable bonds is 2. The normalized spacial score (nSPS) is 6.00. The molecule has 66 valence electrons. The molecule has 0 fully saturated rings. The van der Waals surface area contributed by atoms with Crippen LogP contribution in [0.3, 0.4) is 0 Å². The van der Waals surface area contributed by atoms with Gasteiger partial charge in [-0.05, 0) is 6.42 Å². The van der Waals surface area contributed by atoms with Crippen LogP contribution in [-0.2, 0) is 21.7 Å². The average Bonchev–Trinajstić information content (AvgIpc) is 1.35. The summed E-state index contributed by atoms with van der Waals surface area (Å²) < 4.78 is 0. The van der Waals surface area contributed by atoms with Crippen molar-refractivity contribution in [3.63, 3.8) is 0 Å². The Morgan fingerprint density at radius 3 is 1.40 bits per heavy atom. The molecule has 0 aliphatic rings. The molecular weight excluding hydrogens is 176 g/mol. The van der Waals surface area contributed by atoms with E-state index in [2.05, 4.69) is 0 Å². The maximum atomic E-state index is 8.11. The Morgan fingerprint density at radius 2 is 1.40 bits per heavy atom. The van der Waals surface area contributed by atoms with E-state index in [1.165, 1.54) is 0 Å². The van der Waals surface area contributed by atoms with Gasteiger partial charge < -0.3 is 26.6 Å². The molecule has 5 nitrogen and oxygen atoms in total. The van der Waals surface area contributed by atoms with Crippen LogP contribution < -0.4 is 0 Å². The molecule has 0 aromatic carbocycles. The molecule has 0 aliphatic heterocycles. The van der Waals surface area contributed by atoms with Gasteiger partial charge in [0, 0.05) is 21.7 Å². The summed E-state index contributed by atoms with van der Waals surface area (Å²) in [4.78, 5) is 0. The molecule has 0 atom stereocenters. The SMILES string of the molecule is CCCC(O)O.O.O.O.[Ti]. The Morgan fingerprint density at radius 1 is 1.10 bits per heavy atom. The molecular formula is C4H16O5Ti. The third-order valence-corrected chi connectivity index (χ3v) is 0.547. The molecule has 6 heteroatoms. The van der Waals surface area contributed by atoms with E-state index in [1.807, 2.05) is 6.92 Å². The second kappa shape index (κ2) is 22.7. The van der Waals surface area contributed by atoms with Crippen molar-refractivity contribution in [1.29, 1.82) is 0 Å². The molecule has 0 unspecified atom stereocenters. The summed E-state index contributed by atoms with van der Waals surface area (Å²) in [5.74, 6) is 0. The number of aliphatic hydroxyl groups excluding tert-OH is 1. The maximum absolute atomic E-state index is 8.11. The molecule has 10 heavy (non-hydrogen) atoms. The van der Waals surface area contributed by atoms with Crippen LogP contribution in [0.4, 0.5) is 0 Å². The Hall–Kier alpha value is 0.514. The summed E-state index contributed by atoms with van der Waals surface area (Å²) in [6, 6.07) is 0. The van der Waals surface area contributed by atoms with Gasteiger partial charge in [0.2, 0.25) is 0 Å². The molecule has 8 N–H and O–H groups in total. The summed E-state index contributed by atoms with van der Waals surface area (Å²) in [7, 11) is 0. The largest absolute Gasteiger partial charge is 0.412 e. The molecule has 0 saturated heterocycles. The Kier molecular flexibility index (Phi) is 71.0. The summed E-state index contributed by atoms with van der Waals surface area (Å²) in [5.41, 5.74) is 0. The van der Waals surface area contributed by atoms with Crippen LogP contribution in [0.25, 0.3) is 0 Å². The Bertz CT molecular complexity index is 34.8. The van der Waals surface area contributed by atoms with Gasteiger partial charge in [-0.3, -0.25) is 0 Å². The van der Waals surface area contributed by atoms with Crippen molar-refractivity contribution >= 4 is 0 Å². The van der Waals surface area contributed by atoms with E-state index in [1.54, 1.807) is 0 Å². The van der Waals surface area contributed by atoms with Gasteiger partial charge in [0.25, 0.3) is 0 Å². The zero-order valence-corrected chi connectivity index (χ0v) is 7.45. The van der Waals surface area contributed by atoms with Crippen LogP contribution in [0.1, 0.15) is 19.8 Å². The smallest absolute Gasteiger partial charge is 0.151 e. The van der Waals surface area contributed by atoms with E-state index < -0.39 is 6.29 Å². The molecule has 0 heterocycles. The van der Waals surface area contributed by atoms with Crippen molar-refractivity contribution in [2.45, 2.75) is 26.1 Å². The summed E-state index contributed by atoms with van der Waals surface area (Å²) >= 11 is 0. The molecule has 0 aromatic rings. The predicted octanol–water partition coefficient (Wildman–Crippen LogP) is -2.38. The van der Waals surface area contributed by atoms with Crippen molar-refractivity contribution < 1.29 is 48.4 Å². The molecule has 0 spiro atoms. The van der Waals surface area contributed by atoms with E-state index >= 15 is 0 Å². The second-order valence-electron chi connectivity index (χ2n) is 1.27. The van der Waals surface area contributed by atoms with Crippen molar-refractivity contribution in [2.24, 2.45) is 0 Å². The van der Waals surface area contributed by atoms with Crippen LogP contribution in [0.2, 0.25) is 0 Å². The first kappa shape index (κ1) is 31.3. The van der Waals surface area contributed by atoms with Gasteiger partial charge >= 0.3 is 0 Å². The van der Waals surface area contributed by atoms with Gasteiger partial charge in [-0.1, -0.05) is 13.3 Å². The molecule has 0 aliphatic carbocycles. The number of hydrogen-bond acceptors (Lipinski definition) is 2. The van der Waals surface area contributed by atoms with E-state index in [4.69, 9.17) is 10.2 Å². The molecule has 0 bridgehead atoms. The molecule has 0 rings (SSSR count). The zero-order chi connectivity index (χ0) is 4.99. The topological polar surface area (TPSA) is 135 Å². The minimum absolute atomic E-state index is 0. The second-order valence-corrected chi connectivity index (χ2v) is 1.27. The minimum Gasteiger partial charge on any atom is -0.412 e. The van der Waals surface area contributed by atoms with Gasteiger partial charge in [0.1, 0.15) is 0 Å². The van der Waals surface area contributed by atoms with Crippen molar-refractivity contribution in [3.05, 3.63) is 0 Å². The van der Waals surface area contributed by atoms with Crippen LogP contribution >= 0.6 is 0 Å². The maximum Gasteiger partial charge on any atom is 0.151 e. The third-order valence-electron chi connectivity index (χ3n) is 0.547. The standard InChI is InChI=1S/C4H10O2.3H2O.Ti/c1-2-3-4(5)6;;;;/h4-6H,2-3H2,1H3;3*1H2;. The average molecular weight is 192 g/mol. The van der Waals surface area contributed by atoms with Crippen LogP contribution in [-0.4, -0.2) is 32.9 Å². The fraction of sp³-hybridized carbons (Fsp3) is 1.00. The van der Waals surface area contributed by atoms with E-state index in [9.17, 15) is 0 Å². The van der Waals surface area contributed by atoms with Crippen LogP contribution in [0.15, 0.2) is 0 Å².